The van der Waals surface area contributed by atoms with Crippen molar-refractivity contribution in [3.63, 3.8) is 0 Å². The molecule has 388 valence electrons. The van der Waals surface area contributed by atoms with Gasteiger partial charge in [-0.1, -0.05) is 242 Å². The van der Waals surface area contributed by atoms with Gasteiger partial charge in [0.15, 0.2) is 6.10 Å². The zero-order valence-corrected chi connectivity index (χ0v) is 44.4. The second-order valence-electron chi connectivity index (χ2n) is 19.2. The summed E-state index contributed by atoms with van der Waals surface area (Å²) in [5, 5.41) is 0. The van der Waals surface area contributed by atoms with E-state index in [-0.39, 0.29) is 31.1 Å². The molecule has 0 aromatic heterocycles. The predicted molar refractivity (Wildman–Crippen MR) is 288 cm³/mol. The van der Waals surface area contributed by atoms with Crippen molar-refractivity contribution in [3.05, 3.63) is 60.8 Å². The molecule has 0 saturated carbocycles. The standard InChI is InChI=1S/C61H108O6/c1-4-7-10-13-16-19-21-23-25-27-28-29-30-31-32-34-35-37-39-42-45-48-51-54-60(63)66-57-58(56-65-59(62)53-50-47-44-41-18-15-12-9-6-3)67-61(64)55-52-49-46-43-40-38-36-33-26-24-22-20-17-14-11-8-5-2/h17,20-21,23-24,26-28,30-31,58H,4-16,18-19,22,25,29,32-57H2,1-3H3/b20-17-,23-21-,26-24-,28-27-,31-30-. The molecule has 1 atom stereocenters. The molecule has 0 bridgehead atoms. The Balaban J connectivity index is 4.27. The Morgan fingerprint density at radius 2 is 0.537 bits per heavy atom. The highest BCUT2D eigenvalue weighted by Gasteiger charge is 2.19. The maximum Gasteiger partial charge on any atom is 0.306 e. The second kappa shape index (κ2) is 55.7. The van der Waals surface area contributed by atoms with Gasteiger partial charge < -0.3 is 14.2 Å². The summed E-state index contributed by atoms with van der Waals surface area (Å²) in [4.78, 5) is 38.0. The third-order valence-corrected chi connectivity index (χ3v) is 12.5. The molecule has 0 aliphatic rings. The zero-order valence-electron chi connectivity index (χ0n) is 44.4. The molecule has 0 amide bonds. The van der Waals surface area contributed by atoms with Crippen molar-refractivity contribution in [3.8, 4) is 0 Å². The molecule has 67 heavy (non-hydrogen) atoms. The zero-order chi connectivity index (χ0) is 48.6. The number of hydrogen-bond donors (Lipinski definition) is 0. The fraction of sp³-hybridized carbons (Fsp3) is 0.787. The van der Waals surface area contributed by atoms with Gasteiger partial charge in [-0.15, -0.1) is 0 Å². The Morgan fingerprint density at radius 3 is 0.866 bits per heavy atom. The molecular formula is C61H108O6. The fourth-order valence-corrected chi connectivity index (χ4v) is 8.13. The third kappa shape index (κ3) is 53.9. The van der Waals surface area contributed by atoms with Gasteiger partial charge in [0.2, 0.25) is 0 Å². The van der Waals surface area contributed by atoms with E-state index in [1.165, 1.54) is 161 Å². The van der Waals surface area contributed by atoms with Gasteiger partial charge >= 0.3 is 17.9 Å². The van der Waals surface area contributed by atoms with Crippen LogP contribution in [0.25, 0.3) is 0 Å². The minimum absolute atomic E-state index is 0.0781. The van der Waals surface area contributed by atoms with Gasteiger partial charge in [0.25, 0.3) is 0 Å². The molecule has 0 heterocycles. The second-order valence-corrected chi connectivity index (χ2v) is 19.2. The van der Waals surface area contributed by atoms with Gasteiger partial charge in [-0.2, -0.15) is 0 Å². The Morgan fingerprint density at radius 1 is 0.299 bits per heavy atom. The minimum Gasteiger partial charge on any atom is -0.462 e. The van der Waals surface area contributed by atoms with E-state index in [1.807, 2.05) is 0 Å². The van der Waals surface area contributed by atoms with Gasteiger partial charge in [0, 0.05) is 19.3 Å². The van der Waals surface area contributed by atoms with E-state index < -0.39 is 6.10 Å². The summed E-state index contributed by atoms with van der Waals surface area (Å²) >= 11 is 0. The van der Waals surface area contributed by atoms with E-state index in [0.717, 1.165) is 89.9 Å². The summed E-state index contributed by atoms with van der Waals surface area (Å²) < 4.78 is 16.8. The lowest BCUT2D eigenvalue weighted by Gasteiger charge is -2.18. The van der Waals surface area contributed by atoms with Gasteiger partial charge in [-0.05, 0) is 89.9 Å². The van der Waals surface area contributed by atoms with Crippen molar-refractivity contribution in [1.82, 2.24) is 0 Å². The first-order valence-corrected chi connectivity index (χ1v) is 28.8. The van der Waals surface area contributed by atoms with Crippen molar-refractivity contribution in [2.75, 3.05) is 13.2 Å². The Hall–Kier alpha value is -2.89. The third-order valence-electron chi connectivity index (χ3n) is 12.5. The van der Waals surface area contributed by atoms with E-state index in [4.69, 9.17) is 14.2 Å². The Labute approximate surface area is 415 Å². The van der Waals surface area contributed by atoms with Crippen molar-refractivity contribution in [1.29, 1.82) is 0 Å². The molecule has 0 radical (unpaired) electrons. The SMILES string of the molecule is CCCCC/C=C\C/C=C\CCCCCCCCCC(=O)OC(COC(=O)CCCCCCCCCCC)COC(=O)CCCCCCCCCC/C=C\C/C=C\C/C=C\CCCCCCC. The number of esters is 3. The molecule has 0 fully saturated rings. The molecule has 6 heteroatoms. The van der Waals surface area contributed by atoms with Crippen LogP contribution in [-0.2, 0) is 28.6 Å². The minimum atomic E-state index is -0.779. The van der Waals surface area contributed by atoms with Crippen molar-refractivity contribution >= 4 is 17.9 Å². The first-order valence-electron chi connectivity index (χ1n) is 28.8. The normalized spacial score (nSPS) is 12.5. The van der Waals surface area contributed by atoms with Crippen LogP contribution in [0.2, 0.25) is 0 Å². The predicted octanol–water partition coefficient (Wildman–Crippen LogP) is 19.2. The van der Waals surface area contributed by atoms with Crippen LogP contribution in [0.1, 0.15) is 290 Å². The summed E-state index contributed by atoms with van der Waals surface area (Å²) in [6, 6.07) is 0. The van der Waals surface area contributed by atoms with Gasteiger partial charge in [0.1, 0.15) is 13.2 Å². The maximum absolute atomic E-state index is 12.8. The van der Waals surface area contributed by atoms with Crippen LogP contribution in [0.3, 0.4) is 0 Å². The molecule has 0 aromatic rings. The van der Waals surface area contributed by atoms with Crippen molar-refractivity contribution in [2.24, 2.45) is 0 Å². The van der Waals surface area contributed by atoms with Crippen LogP contribution in [0, 0.1) is 0 Å². The molecule has 0 aromatic carbocycles. The van der Waals surface area contributed by atoms with Crippen LogP contribution >= 0.6 is 0 Å². The summed E-state index contributed by atoms with van der Waals surface area (Å²) in [6.45, 7) is 6.59. The number of ether oxygens (including phenoxy) is 3. The lowest BCUT2D eigenvalue weighted by atomic mass is 10.1. The number of unbranched alkanes of at least 4 members (excludes halogenated alkanes) is 31. The number of carbonyl (C=O) groups excluding carboxylic acids is 3. The molecule has 0 rings (SSSR count). The van der Waals surface area contributed by atoms with Crippen LogP contribution in [-0.4, -0.2) is 37.2 Å². The van der Waals surface area contributed by atoms with E-state index >= 15 is 0 Å². The van der Waals surface area contributed by atoms with Gasteiger partial charge in [-0.3, -0.25) is 14.4 Å². The van der Waals surface area contributed by atoms with Crippen LogP contribution in [0.15, 0.2) is 60.8 Å². The van der Waals surface area contributed by atoms with Gasteiger partial charge in [-0.25, -0.2) is 0 Å². The summed E-state index contributed by atoms with van der Waals surface area (Å²) in [5.74, 6) is -0.887. The van der Waals surface area contributed by atoms with Crippen LogP contribution < -0.4 is 0 Å². The molecule has 6 nitrogen and oxygen atoms in total. The van der Waals surface area contributed by atoms with Gasteiger partial charge in [0.05, 0.1) is 0 Å². The Bertz CT molecular complexity index is 1210. The average molecular weight is 938 g/mol. The summed E-state index contributed by atoms with van der Waals surface area (Å²) in [5.41, 5.74) is 0. The lowest BCUT2D eigenvalue weighted by Crippen LogP contribution is -2.30. The van der Waals surface area contributed by atoms with Crippen LogP contribution in [0.5, 0.6) is 0 Å². The monoisotopic (exact) mass is 937 g/mol. The summed E-state index contributed by atoms with van der Waals surface area (Å²) in [6.07, 6.45) is 69.3. The first-order chi connectivity index (χ1) is 33.0. The Kier molecular flexibility index (Phi) is 53.3. The maximum atomic E-state index is 12.8. The smallest absolute Gasteiger partial charge is 0.306 e. The molecule has 0 spiro atoms. The lowest BCUT2D eigenvalue weighted by molar-refractivity contribution is -0.167. The molecule has 1 unspecified atom stereocenters. The van der Waals surface area contributed by atoms with Crippen LogP contribution in [0.4, 0.5) is 0 Å². The van der Waals surface area contributed by atoms with Crippen molar-refractivity contribution in [2.45, 2.75) is 297 Å². The average Bonchev–Trinajstić information content (AvgIpc) is 3.33. The molecule has 0 saturated heterocycles. The van der Waals surface area contributed by atoms with E-state index in [1.54, 1.807) is 0 Å². The highest BCUT2D eigenvalue weighted by atomic mass is 16.6. The number of carbonyl (C=O) groups is 3. The van der Waals surface area contributed by atoms with E-state index in [0.29, 0.717) is 19.3 Å². The number of hydrogen-bond acceptors (Lipinski definition) is 6. The molecule has 0 aliphatic heterocycles. The van der Waals surface area contributed by atoms with E-state index in [9.17, 15) is 14.4 Å². The largest absolute Gasteiger partial charge is 0.462 e. The highest BCUT2D eigenvalue weighted by Crippen LogP contribution is 2.15. The fourth-order valence-electron chi connectivity index (χ4n) is 8.13. The highest BCUT2D eigenvalue weighted by molar-refractivity contribution is 5.71. The quantitative estimate of drug-likeness (QED) is 0.0262. The molecular weight excluding hydrogens is 829 g/mol. The van der Waals surface area contributed by atoms with Crippen molar-refractivity contribution < 1.29 is 28.6 Å². The topological polar surface area (TPSA) is 78.9 Å². The summed E-state index contributed by atoms with van der Waals surface area (Å²) in [7, 11) is 0. The number of allylic oxidation sites excluding steroid dienone is 10. The molecule has 0 aliphatic carbocycles. The number of rotatable bonds is 52. The first kappa shape index (κ1) is 64.1. The molecule has 0 N–H and O–H groups in total. The van der Waals surface area contributed by atoms with E-state index in [2.05, 4.69) is 81.5 Å².